The van der Waals surface area contributed by atoms with Gasteiger partial charge in [0.1, 0.15) is 5.01 Å². The van der Waals surface area contributed by atoms with Gasteiger partial charge in [0.05, 0.1) is 0 Å². The smallest absolute Gasteiger partial charge is 0.228 e. The van der Waals surface area contributed by atoms with Gasteiger partial charge >= 0.3 is 0 Å². The van der Waals surface area contributed by atoms with Crippen LogP contribution in [0.1, 0.15) is 35.4 Å². The van der Waals surface area contributed by atoms with E-state index in [1.807, 2.05) is 12.1 Å². The van der Waals surface area contributed by atoms with Crippen LogP contribution >= 0.6 is 11.3 Å². The fraction of sp³-hybridized carbons (Fsp3) is 0.375. The van der Waals surface area contributed by atoms with Crippen LogP contribution in [0, 0.1) is 6.92 Å². The van der Waals surface area contributed by atoms with Gasteiger partial charge in [0.2, 0.25) is 16.9 Å². The number of hydrogen-bond donors (Lipinski definition) is 2. The van der Waals surface area contributed by atoms with Crippen LogP contribution in [0.5, 0.6) is 0 Å². The molecule has 1 saturated heterocycles. The maximum atomic E-state index is 12.0. The van der Waals surface area contributed by atoms with E-state index in [9.17, 15) is 9.59 Å². The van der Waals surface area contributed by atoms with E-state index in [0.717, 1.165) is 5.01 Å². The van der Waals surface area contributed by atoms with Crippen LogP contribution in [0.3, 0.4) is 0 Å². The number of hydrogen-bond acceptors (Lipinski definition) is 5. The molecule has 0 unspecified atom stereocenters. The average Bonchev–Trinajstić information content (AvgIpc) is 3.11. The van der Waals surface area contributed by atoms with Crippen molar-refractivity contribution in [1.29, 1.82) is 0 Å². The summed E-state index contributed by atoms with van der Waals surface area (Å²) < 4.78 is 0. The summed E-state index contributed by atoms with van der Waals surface area (Å²) in [6.45, 7) is 2.06. The van der Waals surface area contributed by atoms with E-state index in [1.165, 1.54) is 22.5 Å². The summed E-state index contributed by atoms with van der Waals surface area (Å²) in [7, 11) is 0. The first-order valence-electron chi connectivity index (χ1n) is 7.56. The maximum Gasteiger partial charge on any atom is 0.228 e. The largest absolute Gasteiger partial charge is 0.353 e. The molecule has 0 radical (unpaired) electrons. The summed E-state index contributed by atoms with van der Waals surface area (Å²) in [4.78, 5) is 23.1. The minimum atomic E-state index is -0.143. The molecular formula is C16H18N4O2S. The highest BCUT2D eigenvalue weighted by atomic mass is 32.1. The summed E-state index contributed by atoms with van der Waals surface area (Å²) in [6.07, 6.45) is 2.19. The van der Waals surface area contributed by atoms with Crippen LogP contribution in [0.15, 0.2) is 24.3 Å². The normalized spacial score (nSPS) is 17.1. The molecule has 1 aromatic carbocycles. The van der Waals surface area contributed by atoms with Crippen molar-refractivity contribution in [1.82, 2.24) is 15.5 Å². The molecule has 0 saturated carbocycles. The quantitative estimate of drug-likeness (QED) is 0.879. The summed E-state index contributed by atoms with van der Waals surface area (Å²) in [6, 6.07) is 8.07. The minimum absolute atomic E-state index is 0.0132. The number of rotatable bonds is 5. The van der Waals surface area contributed by atoms with Crippen molar-refractivity contribution in [3.8, 4) is 0 Å². The van der Waals surface area contributed by atoms with Crippen molar-refractivity contribution in [3.05, 3.63) is 40.4 Å². The third kappa shape index (κ3) is 4.13. The molecule has 2 heterocycles. The van der Waals surface area contributed by atoms with Crippen LogP contribution in [-0.4, -0.2) is 28.1 Å². The molecule has 1 aliphatic heterocycles. The maximum absolute atomic E-state index is 12.0. The van der Waals surface area contributed by atoms with E-state index in [-0.39, 0.29) is 24.3 Å². The second-order valence-electron chi connectivity index (χ2n) is 5.66. The predicted molar refractivity (Wildman–Crippen MR) is 88.3 cm³/mol. The second-order valence-corrected chi connectivity index (χ2v) is 6.72. The Bertz CT molecular complexity index is 728. The highest BCUT2D eigenvalue weighted by Crippen LogP contribution is 2.20. The lowest BCUT2D eigenvalue weighted by Crippen LogP contribution is -2.29. The van der Waals surface area contributed by atoms with Gasteiger partial charge in [-0.15, -0.1) is 10.2 Å². The molecule has 23 heavy (non-hydrogen) atoms. The van der Waals surface area contributed by atoms with E-state index < -0.39 is 0 Å². The van der Waals surface area contributed by atoms with Gasteiger partial charge in [-0.2, -0.15) is 0 Å². The first kappa shape index (κ1) is 15.6. The van der Waals surface area contributed by atoms with Gasteiger partial charge in [0.25, 0.3) is 0 Å². The van der Waals surface area contributed by atoms with E-state index in [1.54, 1.807) is 0 Å². The molecule has 0 bridgehead atoms. The number of nitrogens with zero attached hydrogens (tertiary/aromatic N) is 2. The van der Waals surface area contributed by atoms with Crippen LogP contribution in [0.2, 0.25) is 0 Å². The van der Waals surface area contributed by atoms with E-state index in [0.29, 0.717) is 24.4 Å². The molecule has 1 aliphatic rings. The second kappa shape index (κ2) is 6.87. The van der Waals surface area contributed by atoms with Crippen LogP contribution in [0.25, 0.3) is 0 Å². The number of aryl methyl sites for hydroxylation is 1. The Morgan fingerprint density at radius 2 is 2.22 bits per heavy atom. The molecule has 120 valence electrons. The zero-order valence-electron chi connectivity index (χ0n) is 12.8. The summed E-state index contributed by atoms with van der Waals surface area (Å²) in [5, 5.41) is 15.1. The van der Waals surface area contributed by atoms with Crippen molar-refractivity contribution in [2.75, 3.05) is 5.32 Å². The topological polar surface area (TPSA) is 84.0 Å². The van der Waals surface area contributed by atoms with Gasteiger partial charge in [-0.3, -0.25) is 9.59 Å². The minimum Gasteiger partial charge on any atom is -0.353 e. The van der Waals surface area contributed by atoms with Crippen molar-refractivity contribution in [3.63, 3.8) is 0 Å². The van der Waals surface area contributed by atoms with Gasteiger partial charge in [-0.05, 0) is 24.5 Å². The number of amides is 2. The molecule has 0 spiro atoms. The Kier molecular flexibility index (Phi) is 4.66. The van der Waals surface area contributed by atoms with Crippen molar-refractivity contribution in [2.24, 2.45) is 0 Å². The summed E-state index contributed by atoms with van der Waals surface area (Å²) in [5.41, 5.74) is 2.42. The van der Waals surface area contributed by atoms with E-state index in [4.69, 9.17) is 0 Å². The van der Waals surface area contributed by atoms with Gasteiger partial charge in [-0.25, -0.2) is 0 Å². The van der Waals surface area contributed by atoms with Crippen LogP contribution in [0.4, 0.5) is 5.13 Å². The number of anilines is 1. The highest BCUT2D eigenvalue weighted by molar-refractivity contribution is 7.15. The van der Waals surface area contributed by atoms with Crippen molar-refractivity contribution < 1.29 is 9.59 Å². The predicted octanol–water partition coefficient (Wildman–Crippen LogP) is 2.04. The monoisotopic (exact) mass is 330 g/mol. The van der Waals surface area contributed by atoms with Gasteiger partial charge < -0.3 is 10.6 Å². The average molecular weight is 330 g/mol. The molecule has 2 aromatic rings. The Labute approximate surface area is 138 Å². The van der Waals surface area contributed by atoms with Crippen molar-refractivity contribution >= 4 is 28.3 Å². The molecule has 1 atom stereocenters. The van der Waals surface area contributed by atoms with E-state index in [2.05, 4.69) is 39.9 Å². The standard InChI is InChI=1S/C16H18N4O2S/c1-10-4-2-3-5-11(10)8-15-19-20-16(23-15)18-14(22)9-12-6-7-13(21)17-12/h2-5,12H,6-9H2,1H3,(H,17,21)(H,18,20,22)/t12-/m0/s1. The molecular weight excluding hydrogens is 312 g/mol. The SMILES string of the molecule is Cc1ccccc1Cc1nnc(NC(=O)C[C@@H]2CCC(=O)N2)s1. The zero-order chi connectivity index (χ0) is 16.2. The third-order valence-corrected chi connectivity index (χ3v) is 4.67. The number of benzene rings is 1. The lowest BCUT2D eigenvalue weighted by atomic mass is 10.1. The van der Waals surface area contributed by atoms with E-state index >= 15 is 0 Å². The highest BCUT2D eigenvalue weighted by Gasteiger charge is 2.23. The van der Waals surface area contributed by atoms with Crippen LogP contribution in [-0.2, 0) is 16.0 Å². The molecule has 7 heteroatoms. The summed E-state index contributed by atoms with van der Waals surface area (Å²) >= 11 is 1.38. The Balaban J connectivity index is 1.56. The molecule has 6 nitrogen and oxygen atoms in total. The molecule has 1 aromatic heterocycles. The van der Waals surface area contributed by atoms with Crippen LogP contribution < -0.4 is 10.6 Å². The first-order chi connectivity index (χ1) is 11.1. The lowest BCUT2D eigenvalue weighted by molar-refractivity contribution is -0.119. The van der Waals surface area contributed by atoms with Gasteiger partial charge in [0.15, 0.2) is 0 Å². The molecule has 0 aliphatic carbocycles. The lowest BCUT2D eigenvalue weighted by Gasteiger charge is -2.08. The Morgan fingerprint density at radius 1 is 1.39 bits per heavy atom. The van der Waals surface area contributed by atoms with Crippen molar-refractivity contribution in [2.45, 2.75) is 38.6 Å². The fourth-order valence-corrected chi connectivity index (χ4v) is 3.35. The molecule has 2 N–H and O–H groups in total. The third-order valence-electron chi connectivity index (χ3n) is 3.83. The summed E-state index contributed by atoms with van der Waals surface area (Å²) in [5.74, 6) is -0.130. The number of carbonyl (C=O) groups is 2. The number of aromatic nitrogens is 2. The number of carbonyl (C=O) groups excluding carboxylic acids is 2. The zero-order valence-corrected chi connectivity index (χ0v) is 13.7. The molecule has 2 amide bonds. The fourth-order valence-electron chi connectivity index (χ4n) is 2.57. The van der Waals surface area contributed by atoms with Gasteiger partial charge in [-0.1, -0.05) is 35.6 Å². The Hall–Kier alpha value is -2.28. The first-order valence-corrected chi connectivity index (χ1v) is 8.38. The van der Waals surface area contributed by atoms with Gasteiger partial charge in [0, 0.05) is 25.3 Å². The number of nitrogens with one attached hydrogen (secondary N) is 2. The molecule has 1 fully saturated rings. The molecule has 3 rings (SSSR count). The Morgan fingerprint density at radius 3 is 2.96 bits per heavy atom.